The average molecular weight is 340 g/mol. The van der Waals surface area contributed by atoms with Gasteiger partial charge in [-0.25, -0.2) is 4.98 Å². The number of para-hydroxylation sites is 1. The van der Waals surface area contributed by atoms with E-state index in [4.69, 9.17) is 4.98 Å². The number of nitrogens with zero attached hydrogens (tertiary/aromatic N) is 1. The van der Waals surface area contributed by atoms with Gasteiger partial charge in [0.1, 0.15) is 5.01 Å². The lowest BCUT2D eigenvalue weighted by Gasteiger charge is -2.02. The van der Waals surface area contributed by atoms with Crippen molar-refractivity contribution in [3.05, 3.63) is 65.1 Å². The minimum Gasteiger partial charge on any atom is -0.236 e. The molecule has 0 saturated carbocycles. The quantitative estimate of drug-likeness (QED) is 0.422. The third-order valence-corrected chi connectivity index (χ3v) is 5.15. The molecule has 3 heteroatoms. The van der Waals surface area contributed by atoms with Crippen LogP contribution in [0.4, 0.5) is 0 Å². The van der Waals surface area contributed by atoms with Gasteiger partial charge in [0.05, 0.1) is 10.2 Å². The standard InChI is InChI=1S/C17H10BrNS/c18-14-5-3-4-11-10-12(8-9-13(11)14)17-19-15-6-1-2-7-16(15)20-17/h1-10H. The van der Waals surface area contributed by atoms with Crippen LogP contribution >= 0.6 is 27.3 Å². The Hall–Kier alpha value is -1.71. The molecule has 3 aromatic carbocycles. The molecule has 0 aliphatic heterocycles. The van der Waals surface area contributed by atoms with Crippen LogP contribution in [-0.2, 0) is 0 Å². The summed E-state index contributed by atoms with van der Waals surface area (Å²) < 4.78 is 2.36. The van der Waals surface area contributed by atoms with Crippen molar-refractivity contribution < 1.29 is 0 Å². The first-order valence-electron chi connectivity index (χ1n) is 6.35. The fraction of sp³-hybridized carbons (Fsp3) is 0. The Kier molecular flexibility index (Phi) is 2.83. The van der Waals surface area contributed by atoms with Gasteiger partial charge in [-0.2, -0.15) is 0 Å². The minimum atomic E-state index is 1.07. The van der Waals surface area contributed by atoms with E-state index in [0.717, 1.165) is 15.0 Å². The summed E-state index contributed by atoms with van der Waals surface area (Å²) >= 11 is 5.33. The number of benzene rings is 3. The van der Waals surface area contributed by atoms with E-state index in [-0.39, 0.29) is 0 Å². The van der Waals surface area contributed by atoms with Gasteiger partial charge in [-0.05, 0) is 35.0 Å². The third kappa shape index (κ3) is 1.94. The second-order valence-electron chi connectivity index (χ2n) is 4.66. The van der Waals surface area contributed by atoms with E-state index in [2.05, 4.69) is 70.5 Å². The van der Waals surface area contributed by atoms with Gasteiger partial charge in [0.2, 0.25) is 0 Å². The van der Waals surface area contributed by atoms with Crippen molar-refractivity contribution in [1.82, 2.24) is 4.98 Å². The third-order valence-electron chi connectivity index (χ3n) is 3.37. The maximum atomic E-state index is 4.72. The van der Waals surface area contributed by atoms with Gasteiger partial charge in [0.15, 0.2) is 0 Å². The van der Waals surface area contributed by atoms with E-state index in [1.54, 1.807) is 11.3 Å². The zero-order valence-corrected chi connectivity index (χ0v) is 12.9. The van der Waals surface area contributed by atoms with Crippen LogP contribution in [0.15, 0.2) is 65.1 Å². The summed E-state index contributed by atoms with van der Waals surface area (Å²) in [5, 5.41) is 3.54. The predicted octanol–water partition coefficient (Wildman–Crippen LogP) is 5.88. The molecule has 0 amide bonds. The van der Waals surface area contributed by atoms with Crippen LogP contribution in [0.3, 0.4) is 0 Å². The Balaban J connectivity index is 1.93. The van der Waals surface area contributed by atoms with Crippen LogP contribution in [0.2, 0.25) is 0 Å². The maximum absolute atomic E-state index is 4.72. The van der Waals surface area contributed by atoms with Crippen molar-refractivity contribution in [1.29, 1.82) is 0 Å². The van der Waals surface area contributed by atoms with Gasteiger partial charge in [0.25, 0.3) is 0 Å². The smallest absolute Gasteiger partial charge is 0.124 e. The first kappa shape index (κ1) is 12.1. The van der Waals surface area contributed by atoms with Crippen molar-refractivity contribution in [2.75, 3.05) is 0 Å². The monoisotopic (exact) mass is 339 g/mol. The molecule has 0 spiro atoms. The lowest BCUT2D eigenvalue weighted by atomic mass is 10.1. The fourth-order valence-corrected chi connectivity index (χ4v) is 3.85. The number of halogens is 1. The number of fused-ring (bicyclic) bond motifs is 2. The van der Waals surface area contributed by atoms with Gasteiger partial charge >= 0.3 is 0 Å². The van der Waals surface area contributed by atoms with Crippen LogP contribution in [0.25, 0.3) is 31.6 Å². The Morgan fingerprint density at radius 3 is 2.70 bits per heavy atom. The molecule has 0 aliphatic carbocycles. The van der Waals surface area contributed by atoms with Crippen molar-refractivity contribution in [3.8, 4) is 10.6 Å². The lowest BCUT2D eigenvalue weighted by Crippen LogP contribution is -1.79. The highest BCUT2D eigenvalue weighted by Gasteiger charge is 2.07. The first-order valence-corrected chi connectivity index (χ1v) is 7.96. The number of hydrogen-bond donors (Lipinski definition) is 0. The molecule has 1 aromatic heterocycles. The molecule has 0 saturated heterocycles. The zero-order chi connectivity index (χ0) is 13.5. The second-order valence-corrected chi connectivity index (χ2v) is 6.55. The molecule has 1 nitrogen and oxygen atoms in total. The molecular formula is C17H10BrNS. The van der Waals surface area contributed by atoms with Gasteiger partial charge in [-0.3, -0.25) is 0 Å². The number of hydrogen-bond acceptors (Lipinski definition) is 2. The predicted molar refractivity (Wildman–Crippen MR) is 90.3 cm³/mol. The van der Waals surface area contributed by atoms with Crippen LogP contribution < -0.4 is 0 Å². The number of aromatic nitrogens is 1. The molecule has 0 radical (unpaired) electrons. The summed E-state index contributed by atoms with van der Waals surface area (Å²) in [7, 11) is 0. The van der Waals surface area contributed by atoms with E-state index < -0.39 is 0 Å². The topological polar surface area (TPSA) is 12.9 Å². The molecular weight excluding hydrogens is 330 g/mol. The SMILES string of the molecule is Brc1cccc2cc(-c3nc4ccccc4s3)ccc12. The molecule has 4 aromatic rings. The van der Waals surface area contributed by atoms with E-state index in [0.29, 0.717) is 0 Å². The molecule has 0 N–H and O–H groups in total. The highest BCUT2D eigenvalue weighted by molar-refractivity contribution is 9.10. The van der Waals surface area contributed by atoms with Crippen molar-refractivity contribution in [3.63, 3.8) is 0 Å². The van der Waals surface area contributed by atoms with E-state index in [9.17, 15) is 0 Å². The Bertz CT molecular complexity index is 893. The van der Waals surface area contributed by atoms with Gasteiger partial charge in [-0.15, -0.1) is 11.3 Å². The van der Waals surface area contributed by atoms with Crippen LogP contribution in [0, 0.1) is 0 Å². The normalized spacial score (nSPS) is 11.2. The second kappa shape index (κ2) is 4.69. The summed E-state index contributed by atoms with van der Waals surface area (Å²) in [6, 6.07) is 21.0. The fourth-order valence-electron chi connectivity index (χ4n) is 2.37. The van der Waals surface area contributed by atoms with Crippen molar-refractivity contribution in [2.24, 2.45) is 0 Å². The molecule has 96 valence electrons. The maximum Gasteiger partial charge on any atom is 0.124 e. The van der Waals surface area contributed by atoms with Crippen molar-refractivity contribution >= 4 is 48.3 Å². The van der Waals surface area contributed by atoms with E-state index in [1.807, 2.05) is 6.07 Å². The van der Waals surface area contributed by atoms with Gasteiger partial charge in [-0.1, -0.05) is 52.3 Å². The van der Waals surface area contributed by atoms with Crippen LogP contribution in [0.1, 0.15) is 0 Å². The Morgan fingerprint density at radius 1 is 0.900 bits per heavy atom. The molecule has 20 heavy (non-hydrogen) atoms. The summed E-state index contributed by atoms with van der Waals surface area (Å²) in [4.78, 5) is 4.72. The minimum absolute atomic E-state index is 1.07. The first-order chi connectivity index (χ1) is 9.81. The lowest BCUT2D eigenvalue weighted by molar-refractivity contribution is 1.48. The summed E-state index contributed by atoms with van der Waals surface area (Å²) in [5.74, 6) is 0. The highest BCUT2D eigenvalue weighted by Crippen LogP contribution is 2.33. The molecule has 4 rings (SSSR count). The van der Waals surface area contributed by atoms with Crippen LogP contribution in [0.5, 0.6) is 0 Å². The number of rotatable bonds is 1. The average Bonchev–Trinajstić information content (AvgIpc) is 2.91. The van der Waals surface area contributed by atoms with Crippen LogP contribution in [-0.4, -0.2) is 4.98 Å². The Morgan fingerprint density at radius 2 is 1.80 bits per heavy atom. The van der Waals surface area contributed by atoms with E-state index in [1.165, 1.54) is 21.0 Å². The van der Waals surface area contributed by atoms with Crippen molar-refractivity contribution in [2.45, 2.75) is 0 Å². The summed E-state index contributed by atoms with van der Waals surface area (Å²) in [5.41, 5.74) is 2.25. The van der Waals surface area contributed by atoms with Gasteiger partial charge in [0, 0.05) is 10.0 Å². The van der Waals surface area contributed by atoms with Gasteiger partial charge < -0.3 is 0 Å². The van der Waals surface area contributed by atoms with E-state index >= 15 is 0 Å². The zero-order valence-electron chi connectivity index (χ0n) is 10.5. The highest BCUT2D eigenvalue weighted by atomic mass is 79.9. The molecule has 0 atom stereocenters. The molecule has 1 heterocycles. The summed E-state index contributed by atoms with van der Waals surface area (Å²) in [6.07, 6.45) is 0. The number of thiazole rings is 1. The molecule has 0 aliphatic rings. The molecule has 0 bridgehead atoms. The summed E-state index contributed by atoms with van der Waals surface area (Å²) in [6.45, 7) is 0. The molecule has 0 unspecified atom stereocenters. The Labute approximate surface area is 129 Å². The molecule has 0 fully saturated rings. The largest absolute Gasteiger partial charge is 0.236 e.